The first-order valence-electron chi connectivity index (χ1n) is 6.97. The second-order valence-corrected chi connectivity index (χ2v) is 5.77. The number of carboxylic acids is 1. The lowest BCUT2D eigenvalue weighted by atomic mass is 9.95. The fourth-order valence-corrected chi connectivity index (χ4v) is 2.27. The second kappa shape index (κ2) is 6.43. The quantitative estimate of drug-likeness (QED) is 0.849. The SMILES string of the molecule is CC(C)(Cc1ccccc1)Nc1nccn(CC(=O)O)c1=O. The molecule has 1 aromatic heterocycles. The Kier molecular flexibility index (Phi) is 4.60. The Bertz CT molecular complexity index is 708. The van der Waals surface area contributed by atoms with E-state index in [1.807, 2.05) is 44.2 Å². The van der Waals surface area contributed by atoms with Gasteiger partial charge in [0.25, 0.3) is 5.56 Å². The van der Waals surface area contributed by atoms with E-state index in [1.165, 1.54) is 12.4 Å². The van der Waals surface area contributed by atoms with Crippen molar-refractivity contribution in [2.75, 3.05) is 5.32 Å². The molecule has 0 radical (unpaired) electrons. The van der Waals surface area contributed by atoms with Gasteiger partial charge < -0.3 is 10.4 Å². The molecule has 0 saturated heterocycles. The highest BCUT2D eigenvalue weighted by molar-refractivity contribution is 5.66. The lowest BCUT2D eigenvalue weighted by Crippen LogP contribution is -2.38. The first-order valence-corrected chi connectivity index (χ1v) is 6.97. The van der Waals surface area contributed by atoms with E-state index in [9.17, 15) is 9.59 Å². The summed E-state index contributed by atoms with van der Waals surface area (Å²) in [4.78, 5) is 27.0. The van der Waals surface area contributed by atoms with Crippen molar-refractivity contribution in [3.8, 4) is 0 Å². The molecule has 0 aliphatic heterocycles. The predicted molar refractivity (Wildman–Crippen MR) is 84.0 cm³/mol. The van der Waals surface area contributed by atoms with Gasteiger partial charge in [-0.15, -0.1) is 0 Å². The summed E-state index contributed by atoms with van der Waals surface area (Å²) in [6.45, 7) is 3.56. The molecule has 6 nitrogen and oxygen atoms in total. The largest absolute Gasteiger partial charge is 0.480 e. The van der Waals surface area contributed by atoms with Crippen molar-refractivity contribution in [3.63, 3.8) is 0 Å². The highest BCUT2D eigenvalue weighted by Crippen LogP contribution is 2.16. The number of rotatable bonds is 6. The second-order valence-electron chi connectivity index (χ2n) is 5.77. The van der Waals surface area contributed by atoms with Crippen LogP contribution in [0.25, 0.3) is 0 Å². The highest BCUT2D eigenvalue weighted by atomic mass is 16.4. The number of benzene rings is 1. The van der Waals surface area contributed by atoms with E-state index in [1.54, 1.807) is 0 Å². The molecule has 0 aliphatic carbocycles. The van der Waals surface area contributed by atoms with Crippen molar-refractivity contribution in [1.82, 2.24) is 9.55 Å². The molecule has 0 aliphatic rings. The van der Waals surface area contributed by atoms with Gasteiger partial charge in [-0.1, -0.05) is 30.3 Å². The van der Waals surface area contributed by atoms with Crippen LogP contribution in [0.1, 0.15) is 19.4 Å². The summed E-state index contributed by atoms with van der Waals surface area (Å²) < 4.78 is 1.12. The van der Waals surface area contributed by atoms with Gasteiger partial charge in [0.2, 0.25) is 0 Å². The van der Waals surface area contributed by atoms with Crippen molar-refractivity contribution in [1.29, 1.82) is 0 Å². The smallest absolute Gasteiger partial charge is 0.323 e. The molecule has 0 fully saturated rings. The molecule has 116 valence electrons. The van der Waals surface area contributed by atoms with Crippen molar-refractivity contribution < 1.29 is 9.90 Å². The Morgan fingerprint density at radius 1 is 1.32 bits per heavy atom. The number of nitrogens with zero attached hydrogens (tertiary/aromatic N) is 2. The number of anilines is 1. The summed E-state index contributed by atoms with van der Waals surface area (Å²) in [7, 11) is 0. The van der Waals surface area contributed by atoms with Gasteiger partial charge in [-0.2, -0.15) is 0 Å². The Morgan fingerprint density at radius 2 is 2.00 bits per heavy atom. The average Bonchev–Trinajstić information content (AvgIpc) is 2.43. The molecule has 1 aromatic carbocycles. The Balaban J connectivity index is 2.19. The van der Waals surface area contributed by atoms with Gasteiger partial charge in [0, 0.05) is 17.9 Å². The molecule has 0 bridgehead atoms. The fourth-order valence-electron chi connectivity index (χ4n) is 2.27. The summed E-state index contributed by atoms with van der Waals surface area (Å²) in [6.07, 6.45) is 3.50. The maximum atomic E-state index is 12.2. The van der Waals surface area contributed by atoms with Crippen LogP contribution in [0, 0.1) is 0 Å². The molecule has 0 spiro atoms. The molecular weight excluding hydrogens is 282 g/mol. The summed E-state index contributed by atoms with van der Waals surface area (Å²) >= 11 is 0. The van der Waals surface area contributed by atoms with E-state index in [4.69, 9.17) is 5.11 Å². The number of hydrogen-bond donors (Lipinski definition) is 2. The number of hydrogen-bond acceptors (Lipinski definition) is 4. The summed E-state index contributed by atoms with van der Waals surface area (Å²) in [5.41, 5.74) is 0.309. The molecule has 1 heterocycles. The molecule has 6 heteroatoms. The lowest BCUT2D eigenvalue weighted by molar-refractivity contribution is -0.137. The van der Waals surface area contributed by atoms with Crippen LogP contribution in [0.2, 0.25) is 0 Å². The zero-order valence-corrected chi connectivity index (χ0v) is 12.6. The number of carbonyl (C=O) groups is 1. The van der Waals surface area contributed by atoms with E-state index in [2.05, 4.69) is 10.3 Å². The van der Waals surface area contributed by atoms with Crippen molar-refractivity contribution in [3.05, 3.63) is 58.6 Å². The van der Waals surface area contributed by atoms with E-state index < -0.39 is 17.1 Å². The minimum absolute atomic E-state index is 0.157. The van der Waals surface area contributed by atoms with Crippen LogP contribution >= 0.6 is 0 Å². The van der Waals surface area contributed by atoms with E-state index in [-0.39, 0.29) is 12.4 Å². The molecule has 22 heavy (non-hydrogen) atoms. The minimum Gasteiger partial charge on any atom is -0.480 e. The van der Waals surface area contributed by atoms with Crippen LogP contribution in [-0.2, 0) is 17.8 Å². The maximum Gasteiger partial charge on any atom is 0.323 e. The third-order valence-corrected chi connectivity index (χ3v) is 3.16. The topological polar surface area (TPSA) is 84.2 Å². The number of aliphatic carboxylic acids is 1. The maximum absolute atomic E-state index is 12.2. The Morgan fingerprint density at radius 3 is 2.64 bits per heavy atom. The van der Waals surface area contributed by atoms with Gasteiger partial charge in [0.15, 0.2) is 5.82 Å². The van der Waals surface area contributed by atoms with Crippen molar-refractivity contribution in [2.24, 2.45) is 0 Å². The van der Waals surface area contributed by atoms with Crippen molar-refractivity contribution >= 4 is 11.8 Å². The van der Waals surface area contributed by atoms with Crippen LogP contribution in [0.15, 0.2) is 47.5 Å². The number of nitrogens with one attached hydrogen (secondary N) is 1. The van der Waals surface area contributed by atoms with Crippen LogP contribution in [0.4, 0.5) is 5.82 Å². The third-order valence-electron chi connectivity index (χ3n) is 3.16. The zero-order chi connectivity index (χ0) is 16.2. The first-order chi connectivity index (χ1) is 10.4. The molecule has 2 rings (SSSR count). The highest BCUT2D eigenvalue weighted by Gasteiger charge is 2.20. The van der Waals surface area contributed by atoms with Gasteiger partial charge in [0.1, 0.15) is 6.54 Å². The molecule has 0 unspecified atom stereocenters. The minimum atomic E-state index is -1.07. The zero-order valence-electron chi connectivity index (χ0n) is 12.6. The summed E-state index contributed by atoms with van der Waals surface area (Å²) in [6, 6.07) is 9.92. The molecule has 0 atom stereocenters. The van der Waals surface area contributed by atoms with Crippen LogP contribution in [-0.4, -0.2) is 26.2 Å². The standard InChI is InChI=1S/C16H19N3O3/c1-16(2,10-12-6-4-3-5-7-12)18-14-15(22)19(9-8-17-14)11-13(20)21/h3-9H,10-11H2,1-2H3,(H,17,18)(H,20,21). The number of aromatic nitrogens is 2. The van der Waals surface area contributed by atoms with Gasteiger partial charge in [-0.25, -0.2) is 4.98 Å². The van der Waals surface area contributed by atoms with Gasteiger partial charge >= 0.3 is 5.97 Å². The van der Waals surface area contributed by atoms with E-state index >= 15 is 0 Å². The van der Waals surface area contributed by atoms with Crippen LogP contribution in [0.5, 0.6) is 0 Å². The first kappa shape index (κ1) is 15.8. The van der Waals surface area contributed by atoms with Gasteiger partial charge in [-0.05, 0) is 25.8 Å². The van der Waals surface area contributed by atoms with E-state index in [0.29, 0.717) is 6.42 Å². The Hall–Kier alpha value is -2.63. The molecule has 0 saturated carbocycles. The predicted octanol–water partition coefficient (Wildman–Crippen LogP) is 1.76. The lowest BCUT2D eigenvalue weighted by Gasteiger charge is -2.27. The van der Waals surface area contributed by atoms with E-state index in [0.717, 1.165) is 10.1 Å². The third kappa shape index (κ3) is 4.18. The fraction of sp³-hybridized carbons (Fsp3) is 0.312. The number of carboxylic acid groups (broad SMARTS) is 1. The molecular formula is C16H19N3O3. The average molecular weight is 301 g/mol. The summed E-state index contributed by atoms with van der Waals surface area (Å²) in [5, 5.41) is 11.9. The van der Waals surface area contributed by atoms with Crippen LogP contribution in [0.3, 0.4) is 0 Å². The molecule has 0 amide bonds. The van der Waals surface area contributed by atoms with Crippen LogP contribution < -0.4 is 10.9 Å². The monoisotopic (exact) mass is 301 g/mol. The normalized spacial score (nSPS) is 11.2. The van der Waals surface area contributed by atoms with Crippen molar-refractivity contribution in [2.45, 2.75) is 32.4 Å². The molecule has 2 aromatic rings. The van der Waals surface area contributed by atoms with Gasteiger partial charge in [0.05, 0.1) is 0 Å². The van der Waals surface area contributed by atoms with Gasteiger partial charge in [-0.3, -0.25) is 14.2 Å². The molecule has 2 N–H and O–H groups in total. The Labute approximate surface area is 128 Å². The summed E-state index contributed by atoms with van der Waals surface area (Å²) in [5.74, 6) is -0.910.